The average Bonchev–Trinajstić information content (AvgIpc) is 3.95. The third kappa shape index (κ3) is 10.7. The normalized spacial score (nSPS) is 12.0. The summed E-state index contributed by atoms with van der Waals surface area (Å²) in [6.45, 7) is 5.34. The summed E-state index contributed by atoms with van der Waals surface area (Å²) in [5, 5.41) is 2.21. The molecule has 7 rings (SSSR count). The molecule has 66 heavy (non-hydrogen) atoms. The Morgan fingerprint density at radius 2 is 0.697 bits per heavy atom. The van der Waals surface area contributed by atoms with Gasteiger partial charge in [-0.1, -0.05) is 154 Å². The van der Waals surface area contributed by atoms with E-state index < -0.39 is 58.2 Å². The van der Waals surface area contributed by atoms with Gasteiger partial charge in [0, 0.05) is 53.8 Å². The molecular formula is C50H54F8N4S4. The maximum Gasteiger partial charge on any atom is 0.252 e. The van der Waals surface area contributed by atoms with Gasteiger partial charge in [0.05, 0.1) is 22.2 Å². The number of pyridine rings is 4. The number of benzene rings is 1. The van der Waals surface area contributed by atoms with Gasteiger partial charge in [-0.2, -0.15) is 27.5 Å². The molecule has 0 fully saturated rings. The summed E-state index contributed by atoms with van der Waals surface area (Å²) >= 11 is 14.1. The first-order valence-corrected chi connectivity index (χ1v) is 25.8. The van der Waals surface area contributed by atoms with Gasteiger partial charge < -0.3 is 9.13 Å². The summed E-state index contributed by atoms with van der Waals surface area (Å²) in [5.41, 5.74) is -0.471. The number of thiophene rings is 2. The second kappa shape index (κ2) is 23.0. The van der Waals surface area contributed by atoms with E-state index in [1.54, 1.807) is 0 Å². The average molecular weight is 991 g/mol. The lowest BCUT2D eigenvalue weighted by Gasteiger charge is -2.18. The number of hydrogen-bond donors (Lipinski definition) is 0. The van der Waals surface area contributed by atoms with Crippen molar-refractivity contribution in [1.82, 2.24) is 19.1 Å². The van der Waals surface area contributed by atoms with Gasteiger partial charge in [0.15, 0.2) is 23.3 Å². The van der Waals surface area contributed by atoms with Crippen LogP contribution in [0.3, 0.4) is 0 Å². The van der Waals surface area contributed by atoms with Crippen LogP contribution in [0.4, 0.5) is 35.1 Å². The smallest absolute Gasteiger partial charge is 0.252 e. The summed E-state index contributed by atoms with van der Waals surface area (Å²) in [6.07, 6.45) is 22.1. The number of unbranched alkanes of at least 4 members (excludes halogenated alkanes) is 18. The largest absolute Gasteiger partial charge is 0.332 e. The molecule has 0 aliphatic rings. The molecular weight excluding hydrogens is 937 g/mol. The molecule has 6 aromatic heterocycles. The molecule has 0 unspecified atom stereocenters. The minimum absolute atomic E-state index is 0.0780. The Kier molecular flexibility index (Phi) is 17.4. The Balaban J connectivity index is 1.36. The second-order valence-corrected chi connectivity index (χ2v) is 20.1. The molecule has 6 heterocycles. The first-order chi connectivity index (χ1) is 31.9. The molecule has 0 aliphatic heterocycles. The zero-order valence-corrected chi connectivity index (χ0v) is 40.6. The summed E-state index contributed by atoms with van der Waals surface area (Å²) in [5.74, 6) is -13.6. The van der Waals surface area contributed by atoms with Crippen LogP contribution in [0, 0.1) is 56.3 Å². The maximum atomic E-state index is 15.3. The van der Waals surface area contributed by atoms with Crippen LogP contribution in [0.2, 0.25) is 0 Å². The predicted octanol–water partition coefficient (Wildman–Crippen LogP) is 18.6. The van der Waals surface area contributed by atoms with E-state index in [0.29, 0.717) is 64.3 Å². The SMILES string of the molecule is CCCCCCCCCCCCn1c(=S)c2cc(-c3c(F)c(F)nc(F)c3F)sc2c2cc3c(cc21)c1sc(-c2c(F)c(F)nc(F)c2F)cc1c(=S)n3CCCCCCCCCCCC. The molecule has 7 aromatic rings. The summed E-state index contributed by atoms with van der Waals surface area (Å²) in [4.78, 5) is 5.34. The molecule has 0 bridgehead atoms. The van der Waals surface area contributed by atoms with Gasteiger partial charge in [0.1, 0.15) is 9.28 Å². The lowest BCUT2D eigenvalue weighted by molar-refractivity contribution is 0.411. The predicted molar refractivity (Wildman–Crippen MR) is 260 cm³/mol. The van der Waals surface area contributed by atoms with Crippen LogP contribution < -0.4 is 0 Å². The van der Waals surface area contributed by atoms with Crippen molar-refractivity contribution in [2.45, 2.75) is 155 Å². The van der Waals surface area contributed by atoms with Crippen molar-refractivity contribution in [2.24, 2.45) is 0 Å². The van der Waals surface area contributed by atoms with E-state index >= 15 is 17.6 Å². The highest BCUT2D eigenvalue weighted by atomic mass is 32.1. The zero-order chi connectivity index (χ0) is 47.1. The topological polar surface area (TPSA) is 35.6 Å². The van der Waals surface area contributed by atoms with Crippen molar-refractivity contribution in [2.75, 3.05) is 0 Å². The number of rotatable bonds is 24. The summed E-state index contributed by atoms with van der Waals surface area (Å²) < 4.78 is 125. The van der Waals surface area contributed by atoms with Gasteiger partial charge in [-0.05, 0) is 37.1 Å². The summed E-state index contributed by atoms with van der Waals surface area (Å²) in [7, 11) is 0. The number of halogens is 8. The van der Waals surface area contributed by atoms with E-state index in [1.807, 2.05) is 21.3 Å². The van der Waals surface area contributed by atoms with Crippen LogP contribution in [0.1, 0.15) is 142 Å². The van der Waals surface area contributed by atoms with Crippen molar-refractivity contribution < 1.29 is 35.1 Å². The van der Waals surface area contributed by atoms with E-state index in [-0.39, 0.29) is 9.75 Å². The lowest BCUT2D eigenvalue weighted by Crippen LogP contribution is -2.06. The Labute approximate surface area is 398 Å². The molecule has 0 atom stereocenters. The summed E-state index contributed by atoms with van der Waals surface area (Å²) in [6, 6.07) is 6.75. The van der Waals surface area contributed by atoms with Gasteiger partial charge in [0.25, 0.3) is 23.8 Å². The fraction of sp³-hybridized carbons (Fsp3) is 0.480. The molecule has 0 aliphatic carbocycles. The highest BCUT2D eigenvalue weighted by Crippen LogP contribution is 2.45. The van der Waals surface area contributed by atoms with Crippen LogP contribution in [0.25, 0.3) is 62.9 Å². The van der Waals surface area contributed by atoms with Gasteiger partial charge in [-0.3, -0.25) is 0 Å². The fourth-order valence-corrected chi connectivity index (χ4v) is 12.3. The number of nitrogens with zero attached hydrogens (tertiary/aromatic N) is 4. The van der Waals surface area contributed by atoms with Crippen LogP contribution in [-0.4, -0.2) is 19.1 Å². The number of aromatic nitrogens is 4. The number of fused-ring (bicyclic) bond motifs is 6. The van der Waals surface area contributed by atoms with E-state index in [2.05, 4.69) is 23.8 Å². The highest BCUT2D eigenvalue weighted by Gasteiger charge is 2.27. The third-order valence-corrected chi connectivity index (χ3v) is 15.8. The molecule has 0 saturated heterocycles. The van der Waals surface area contributed by atoms with Crippen LogP contribution in [0.15, 0.2) is 24.3 Å². The van der Waals surface area contributed by atoms with Crippen LogP contribution in [-0.2, 0) is 13.1 Å². The Morgan fingerprint density at radius 3 is 1.00 bits per heavy atom. The molecule has 0 amide bonds. The van der Waals surface area contributed by atoms with Gasteiger partial charge in [-0.25, -0.2) is 17.6 Å². The van der Waals surface area contributed by atoms with Gasteiger partial charge >= 0.3 is 0 Å². The molecule has 4 nitrogen and oxygen atoms in total. The quantitative estimate of drug-likeness (QED) is 0.0199. The van der Waals surface area contributed by atoms with Gasteiger partial charge in [-0.15, -0.1) is 22.7 Å². The molecule has 1 aromatic carbocycles. The third-order valence-electron chi connectivity index (χ3n) is 12.6. The van der Waals surface area contributed by atoms with E-state index in [0.717, 1.165) is 86.9 Å². The molecule has 0 radical (unpaired) electrons. The van der Waals surface area contributed by atoms with Crippen LogP contribution in [0.5, 0.6) is 0 Å². The molecule has 0 spiro atoms. The number of hydrogen-bond acceptors (Lipinski definition) is 6. The Morgan fingerprint density at radius 1 is 0.409 bits per heavy atom. The monoisotopic (exact) mass is 990 g/mol. The molecule has 16 heteroatoms. The van der Waals surface area contributed by atoms with Gasteiger partial charge in [0.2, 0.25) is 0 Å². The molecule has 354 valence electrons. The van der Waals surface area contributed by atoms with Crippen molar-refractivity contribution in [3.05, 3.63) is 80.6 Å². The van der Waals surface area contributed by atoms with Crippen LogP contribution >= 0.6 is 47.1 Å². The zero-order valence-electron chi connectivity index (χ0n) is 37.3. The highest BCUT2D eigenvalue weighted by molar-refractivity contribution is 7.71. The van der Waals surface area contributed by atoms with E-state index in [1.165, 1.54) is 76.3 Å². The first kappa shape index (κ1) is 50.0. The first-order valence-electron chi connectivity index (χ1n) is 23.4. The van der Waals surface area contributed by atoms with E-state index in [9.17, 15) is 17.6 Å². The van der Waals surface area contributed by atoms with Crippen molar-refractivity contribution in [3.8, 4) is 20.9 Å². The molecule has 0 saturated carbocycles. The standard InChI is InChI=1S/C50H54F8N4S4/c1-3-5-7-9-11-13-15-17-19-21-23-61-33-25-30-34(26-29(33)43-31(49(61)63)27-35(65-43)37-39(51)45(55)59-46(56)40(37)52)62(24-22-20-18-16-14-12-10-8-6-4-2)50(64)32-28-36(66-44(30)32)38-41(53)47(57)60-48(58)42(38)54/h25-28H,3-24H2,1-2H3. The second-order valence-electron chi connectivity index (χ2n) is 17.3. The van der Waals surface area contributed by atoms with E-state index in [4.69, 9.17) is 24.4 Å². The molecule has 0 N–H and O–H groups in total. The minimum atomic E-state index is -1.77. The van der Waals surface area contributed by atoms with Crippen molar-refractivity contribution in [1.29, 1.82) is 0 Å². The van der Waals surface area contributed by atoms with Crippen molar-refractivity contribution >= 4 is 89.1 Å². The fourth-order valence-electron chi connectivity index (χ4n) is 9.01. The Hall–Kier alpha value is -3.86. The maximum absolute atomic E-state index is 15.3. The Bertz CT molecular complexity index is 2720. The van der Waals surface area contributed by atoms with Crippen molar-refractivity contribution in [3.63, 3.8) is 0 Å². The lowest BCUT2D eigenvalue weighted by atomic mass is 10.1. The number of aryl methyl sites for hydroxylation is 2. The minimum Gasteiger partial charge on any atom is -0.332 e.